The quantitative estimate of drug-likeness (QED) is 0.289. The summed E-state index contributed by atoms with van der Waals surface area (Å²) in [6.07, 6.45) is 1.71. The summed E-state index contributed by atoms with van der Waals surface area (Å²) in [7, 11) is 3.69. The summed E-state index contributed by atoms with van der Waals surface area (Å²) in [5.74, 6) is 1.16. The molecule has 0 bridgehead atoms. The third-order valence-electron chi connectivity index (χ3n) is 3.09. The fourth-order valence-electron chi connectivity index (χ4n) is 2.03. The number of alkyl halides is 2. The molecule has 0 N–H and O–H groups in total. The molecule has 110 valence electrons. The van der Waals surface area contributed by atoms with E-state index >= 15 is 0 Å². The van der Waals surface area contributed by atoms with E-state index in [0.29, 0.717) is 22.8 Å². The van der Waals surface area contributed by atoms with E-state index < -0.39 is 0 Å². The van der Waals surface area contributed by atoms with Gasteiger partial charge < -0.3 is 27.0 Å². The van der Waals surface area contributed by atoms with Gasteiger partial charge in [0.15, 0.2) is 0 Å². The summed E-state index contributed by atoms with van der Waals surface area (Å²) in [5.41, 5.74) is 0.722. The second kappa shape index (κ2) is 7.94. The predicted molar refractivity (Wildman–Crippen MR) is 73.1 cm³/mol. The Kier molecular flexibility index (Phi) is 7.74. The van der Waals surface area contributed by atoms with Crippen molar-refractivity contribution in [2.75, 3.05) is 31.9 Å². The lowest BCUT2D eigenvalue weighted by atomic mass is 10.2. The van der Waals surface area contributed by atoms with Crippen LogP contribution in [0.15, 0.2) is 12.3 Å². The van der Waals surface area contributed by atoms with Crippen molar-refractivity contribution in [3.63, 3.8) is 0 Å². The number of nitro groups is 1. The van der Waals surface area contributed by atoms with Gasteiger partial charge >= 0.3 is 5.82 Å². The molecule has 0 radical (unpaired) electrons. The molecule has 0 spiro atoms. The minimum absolute atomic E-state index is 0. The average molecular weight is 331 g/mol. The van der Waals surface area contributed by atoms with Crippen molar-refractivity contribution in [1.82, 2.24) is 4.57 Å². The van der Waals surface area contributed by atoms with E-state index in [1.54, 1.807) is 19.3 Å². The molecular weight excluding hydrogens is 312 g/mol. The lowest BCUT2D eigenvalue weighted by Gasteiger charge is -2.32. The molecule has 0 amide bonds. The maximum Gasteiger partial charge on any atom is 0.331 e. The molecule has 1 rings (SSSR count). The van der Waals surface area contributed by atoms with Gasteiger partial charge in [0.25, 0.3) is 0 Å². The molecule has 8 heteroatoms. The fraction of sp³-hybridized carbons (Fsp3) is 0.636. The van der Waals surface area contributed by atoms with Gasteiger partial charge in [-0.05, 0) is 11.0 Å². The first-order valence-electron chi connectivity index (χ1n) is 5.67. The highest BCUT2D eigenvalue weighted by atomic mass is 35.5. The molecule has 0 unspecified atom stereocenters. The molecule has 19 heavy (non-hydrogen) atoms. The van der Waals surface area contributed by atoms with Gasteiger partial charge in [0, 0.05) is 0 Å². The van der Waals surface area contributed by atoms with Gasteiger partial charge in [0.05, 0.1) is 45.1 Å². The smallest absolute Gasteiger partial charge is 0.331 e. The van der Waals surface area contributed by atoms with E-state index in [2.05, 4.69) is 0 Å². The van der Waals surface area contributed by atoms with E-state index in [1.165, 1.54) is 4.57 Å². The van der Waals surface area contributed by atoms with E-state index in [4.69, 9.17) is 23.2 Å². The minimum atomic E-state index is -0.346. The highest BCUT2D eigenvalue weighted by molar-refractivity contribution is 6.18. The van der Waals surface area contributed by atoms with Crippen LogP contribution >= 0.6 is 23.2 Å². The van der Waals surface area contributed by atoms with Gasteiger partial charge in [-0.3, -0.25) is 0 Å². The van der Waals surface area contributed by atoms with Crippen LogP contribution in [0.25, 0.3) is 0 Å². The van der Waals surface area contributed by atoms with Crippen LogP contribution in [0, 0.1) is 10.1 Å². The Morgan fingerprint density at radius 1 is 1.37 bits per heavy atom. The van der Waals surface area contributed by atoms with Crippen molar-refractivity contribution >= 4 is 29.0 Å². The number of aryl methyl sites for hydroxylation is 1. The van der Waals surface area contributed by atoms with Crippen LogP contribution in [-0.2, 0) is 13.6 Å². The SMILES string of the molecule is Cn1ccc(C[N+](C)(CCCl)CCCl)c1[N+](=O)[O-].[Cl-]. The second-order valence-corrected chi connectivity index (χ2v) is 5.39. The number of nitrogens with zero attached hydrogens (tertiary/aromatic N) is 3. The molecular formula is C11H18Cl3N3O2. The van der Waals surface area contributed by atoms with E-state index in [1.807, 2.05) is 7.05 Å². The van der Waals surface area contributed by atoms with Gasteiger partial charge in [0.2, 0.25) is 0 Å². The lowest BCUT2D eigenvalue weighted by Crippen LogP contribution is -3.00. The van der Waals surface area contributed by atoms with Gasteiger partial charge in [-0.1, -0.05) is 0 Å². The highest BCUT2D eigenvalue weighted by Gasteiger charge is 2.27. The van der Waals surface area contributed by atoms with Gasteiger partial charge in [-0.15, -0.1) is 23.2 Å². The largest absolute Gasteiger partial charge is 1.00 e. The molecule has 1 aromatic rings. The zero-order chi connectivity index (χ0) is 13.8. The Balaban J connectivity index is 0.00000324. The second-order valence-electron chi connectivity index (χ2n) is 4.64. The summed E-state index contributed by atoms with van der Waals surface area (Å²) in [6.45, 7) is 2.04. The van der Waals surface area contributed by atoms with Gasteiger partial charge in [-0.25, -0.2) is 4.57 Å². The number of aromatic nitrogens is 1. The van der Waals surface area contributed by atoms with Crippen molar-refractivity contribution in [2.24, 2.45) is 7.05 Å². The maximum absolute atomic E-state index is 11.0. The van der Waals surface area contributed by atoms with Crippen LogP contribution in [0.4, 0.5) is 5.82 Å². The van der Waals surface area contributed by atoms with Gasteiger partial charge in [0.1, 0.15) is 12.1 Å². The molecule has 0 aliphatic rings. The van der Waals surface area contributed by atoms with Crippen LogP contribution < -0.4 is 12.4 Å². The van der Waals surface area contributed by atoms with Crippen molar-refractivity contribution < 1.29 is 21.8 Å². The van der Waals surface area contributed by atoms with Crippen molar-refractivity contribution in [1.29, 1.82) is 0 Å². The molecule has 0 aliphatic heterocycles. The minimum Gasteiger partial charge on any atom is -1.00 e. The number of hydrogen-bond donors (Lipinski definition) is 0. The number of quaternary nitrogens is 1. The highest BCUT2D eigenvalue weighted by Crippen LogP contribution is 2.23. The molecule has 0 aromatic carbocycles. The molecule has 5 nitrogen and oxygen atoms in total. The van der Waals surface area contributed by atoms with Crippen molar-refractivity contribution in [3.8, 4) is 0 Å². The van der Waals surface area contributed by atoms with Crippen LogP contribution in [0.3, 0.4) is 0 Å². The van der Waals surface area contributed by atoms with Gasteiger partial charge in [-0.2, -0.15) is 0 Å². The summed E-state index contributed by atoms with van der Waals surface area (Å²) in [4.78, 5) is 10.7. The Hall–Kier alpha value is -0.490. The standard InChI is InChI=1S/C11H18Cl2N3O2.ClH/c1-14-6-3-10(11(14)15(17)18)9-16(2,7-4-12)8-5-13;/h3,6H,4-5,7-9H2,1-2H3;1H/q+1;/p-1. The Bertz CT molecular complexity index is 417. The Morgan fingerprint density at radius 3 is 2.32 bits per heavy atom. The van der Waals surface area contributed by atoms with E-state index in [0.717, 1.165) is 18.7 Å². The summed E-state index contributed by atoms with van der Waals surface area (Å²) < 4.78 is 2.14. The van der Waals surface area contributed by atoms with Crippen LogP contribution in [0.1, 0.15) is 5.56 Å². The first-order chi connectivity index (χ1) is 8.43. The van der Waals surface area contributed by atoms with Crippen LogP contribution in [-0.4, -0.2) is 45.9 Å². The first-order valence-corrected chi connectivity index (χ1v) is 6.74. The van der Waals surface area contributed by atoms with Crippen molar-refractivity contribution in [2.45, 2.75) is 6.54 Å². The monoisotopic (exact) mass is 329 g/mol. The molecule has 0 saturated heterocycles. The summed E-state index contributed by atoms with van der Waals surface area (Å²) in [6, 6.07) is 1.79. The van der Waals surface area contributed by atoms with E-state index in [-0.39, 0.29) is 23.1 Å². The molecule has 0 fully saturated rings. The van der Waals surface area contributed by atoms with E-state index in [9.17, 15) is 10.1 Å². The predicted octanol–water partition coefficient (Wildman–Crippen LogP) is -0.638. The molecule has 1 aromatic heterocycles. The third-order valence-corrected chi connectivity index (χ3v) is 3.43. The maximum atomic E-state index is 11.0. The summed E-state index contributed by atoms with van der Waals surface area (Å²) >= 11 is 11.6. The van der Waals surface area contributed by atoms with Crippen LogP contribution in [0.5, 0.6) is 0 Å². The first kappa shape index (κ1) is 18.5. The Morgan fingerprint density at radius 2 is 1.89 bits per heavy atom. The molecule has 1 heterocycles. The lowest BCUT2D eigenvalue weighted by molar-refractivity contribution is -0.918. The number of halogens is 3. The molecule has 0 atom stereocenters. The zero-order valence-corrected chi connectivity index (χ0v) is 13.3. The van der Waals surface area contributed by atoms with Crippen molar-refractivity contribution in [3.05, 3.63) is 27.9 Å². The summed E-state index contributed by atoms with van der Waals surface area (Å²) in [5, 5.41) is 11.0. The normalized spacial score (nSPS) is 11.2. The Labute approximate surface area is 129 Å². The van der Waals surface area contributed by atoms with Crippen LogP contribution in [0.2, 0.25) is 0 Å². The average Bonchev–Trinajstić information content (AvgIpc) is 2.59. The topological polar surface area (TPSA) is 48.1 Å². The molecule has 0 saturated carbocycles. The number of rotatable bonds is 7. The molecule has 0 aliphatic carbocycles. The fourth-order valence-corrected chi connectivity index (χ4v) is 2.85. The third kappa shape index (κ3) is 4.84. The number of hydrogen-bond acceptors (Lipinski definition) is 2. The zero-order valence-electron chi connectivity index (χ0n) is 11.0.